The Hall–Kier alpha value is -1.69. The Labute approximate surface area is 192 Å². The van der Waals surface area contributed by atoms with Crippen molar-refractivity contribution in [2.75, 3.05) is 10.6 Å². The zero-order valence-corrected chi connectivity index (χ0v) is 19.2. The van der Waals surface area contributed by atoms with Crippen LogP contribution in [0.4, 0.5) is 11.4 Å². The SMILES string of the molecule is CCC(Sc1cccc(NC(=O)C2CCCCC2)c1)C(=O)Nc1cc(Cl)cc(Cl)c1. The van der Waals surface area contributed by atoms with Gasteiger partial charge in [0.2, 0.25) is 11.8 Å². The van der Waals surface area contributed by atoms with Crippen LogP contribution in [0.3, 0.4) is 0 Å². The van der Waals surface area contributed by atoms with Crippen LogP contribution in [-0.4, -0.2) is 17.1 Å². The lowest BCUT2D eigenvalue weighted by molar-refractivity contribution is -0.120. The van der Waals surface area contributed by atoms with Gasteiger partial charge in [0.15, 0.2) is 0 Å². The number of anilines is 2. The highest BCUT2D eigenvalue weighted by molar-refractivity contribution is 8.00. The lowest BCUT2D eigenvalue weighted by Crippen LogP contribution is -2.25. The molecule has 0 heterocycles. The Balaban J connectivity index is 1.62. The highest BCUT2D eigenvalue weighted by atomic mass is 35.5. The smallest absolute Gasteiger partial charge is 0.237 e. The zero-order valence-electron chi connectivity index (χ0n) is 16.9. The molecule has 3 rings (SSSR count). The van der Waals surface area contributed by atoms with Crippen molar-refractivity contribution in [2.45, 2.75) is 55.6 Å². The van der Waals surface area contributed by atoms with Crippen LogP contribution in [0.2, 0.25) is 10.0 Å². The second kappa shape index (κ2) is 11.1. The third kappa shape index (κ3) is 6.66. The Morgan fingerprint density at radius 3 is 2.37 bits per heavy atom. The van der Waals surface area contributed by atoms with Crippen LogP contribution in [0.25, 0.3) is 0 Å². The van der Waals surface area contributed by atoms with E-state index in [4.69, 9.17) is 23.2 Å². The number of benzene rings is 2. The van der Waals surface area contributed by atoms with Gasteiger partial charge in [-0.15, -0.1) is 11.8 Å². The van der Waals surface area contributed by atoms with Gasteiger partial charge in [-0.2, -0.15) is 0 Å². The van der Waals surface area contributed by atoms with Gasteiger partial charge in [0.1, 0.15) is 0 Å². The Morgan fingerprint density at radius 2 is 1.70 bits per heavy atom. The van der Waals surface area contributed by atoms with E-state index in [0.29, 0.717) is 22.2 Å². The molecule has 1 saturated carbocycles. The van der Waals surface area contributed by atoms with Crippen LogP contribution < -0.4 is 10.6 Å². The predicted molar refractivity (Wildman–Crippen MR) is 127 cm³/mol. The highest BCUT2D eigenvalue weighted by Gasteiger charge is 2.22. The summed E-state index contributed by atoms with van der Waals surface area (Å²) in [5.74, 6) is 0.0886. The average molecular weight is 465 g/mol. The number of amides is 2. The molecule has 0 saturated heterocycles. The van der Waals surface area contributed by atoms with Gasteiger partial charge in [0.25, 0.3) is 0 Å². The van der Waals surface area contributed by atoms with E-state index >= 15 is 0 Å². The quantitative estimate of drug-likeness (QED) is 0.432. The molecule has 4 nitrogen and oxygen atoms in total. The first-order chi connectivity index (χ1) is 14.4. The largest absolute Gasteiger partial charge is 0.326 e. The van der Waals surface area contributed by atoms with Crippen molar-refractivity contribution < 1.29 is 9.59 Å². The van der Waals surface area contributed by atoms with Crippen LogP contribution in [-0.2, 0) is 9.59 Å². The summed E-state index contributed by atoms with van der Waals surface area (Å²) in [5, 5.41) is 6.59. The van der Waals surface area contributed by atoms with Gasteiger partial charge in [-0.1, -0.05) is 55.5 Å². The van der Waals surface area contributed by atoms with Crippen LogP contribution in [0.15, 0.2) is 47.4 Å². The van der Waals surface area contributed by atoms with Crippen molar-refractivity contribution in [1.29, 1.82) is 0 Å². The Kier molecular flexibility index (Phi) is 8.49. The van der Waals surface area contributed by atoms with Gasteiger partial charge in [-0.05, 0) is 55.7 Å². The van der Waals surface area contributed by atoms with Gasteiger partial charge in [-0.25, -0.2) is 0 Å². The normalized spacial score (nSPS) is 15.4. The molecule has 2 N–H and O–H groups in total. The molecule has 7 heteroatoms. The summed E-state index contributed by atoms with van der Waals surface area (Å²) in [6, 6.07) is 12.6. The first-order valence-corrected chi connectivity index (χ1v) is 11.9. The van der Waals surface area contributed by atoms with Crippen LogP contribution >= 0.6 is 35.0 Å². The van der Waals surface area contributed by atoms with Crippen molar-refractivity contribution in [3.8, 4) is 0 Å². The summed E-state index contributed by atoms with van der Waals surface area (Å²) in [7, 11) is 0. The molecule has 2 amide bonds. The number of carbonyl (C=O) groups is 2. The average Bonchev–Trinajstić information content (AvgIpc) is 2.72. The summed E-state index contributed by atoms with van der Waals surface area (Å²) in [6.45, 7) is 1.97. The molecule has 30 heavy (non-hydrogen) atoms. The summed E-state index contributed by atoms with van der Waals surface area (Å²) in [4.78, 5) is 26.2. The number of hydrogen-bond acceptors (Lipinski definition) is 3. The molecular weight excluding hydrogens is 439 g/mol. The molecule has 0 bridgehead atoms. The number of halogens is 2. The molecule has 160 valence electrons. The molecule has 1 aliphatic rings. The van der Waals surface area contributed by atoms with Gasteiger partial charge >= 0.3 is 0 Å². The molecule has 0 aliphatic heterocycles. The Bertz CT molecular complexity index is 880. The lowest BCUT2D eigenvalue weighted by Gasteiger charge is -2.21. The topological polar surface area (TPSA) is 58.2 Å². The first kappa shape index (κ1) is 23.0. The molecule has 0 aromatic heterocycles. The van der Waals surface area contributed by atoms with Crippen molar-refractivity contribution in [1.82, 2.24) is 0 Å². The summed E-state index contributed by atoms with van der Waals surface area (Å²) in [5.41, 5.74) is 1.34. The fourth-order valence-corrected chi connectivity index (χ4v) is 5.13. The number of thioether (sulfide) groups is 1. The number of rotatable bonds is 7. The van der Waals surface area contributed by atoms with E-state index in [1.165, 1.54) is 18.2 Å². The maximum atomic E-state index is 12.8. The monoisotopic (exact) mass is 464 g/mol. The van der Waals surface area contributed by atoms with Crippen molar-refractivity contribution >= 4 is 58.2 Å². The molecule has 0 radical (unpaired) electrons. The lowest BCUT2D eigenvalue weighted by atomic mass is 9.88. The molecule has 0 spiro atoms. The van der Waals surface area contributed by atoms with E-state index in [9.17, 15) is 9.59 Å². The second-order valence-electron chi connectivity index (χ2n) is 7.51. The molecular formula is C23H26Cl2N2O2S. The van der Waals surface area contributed by atoms with Crippen molar-refractivity contribution in [3.63, 3.8) is 0 Å². The predicted octanol–water partition coefficient (Wildman–Crippen LogP) is 7.02. The van der Waals surface area contributed by atoms with Gasteiger partial charge in [0, 0.05) is 32.2 Å². The number of hydrogen-bond donors (Lipinski definition) is 2. The van der Waals surface area contributed by atoms with Crippen LogP contribution in [0.1, 0.15) is 45.4 Å². The zero-order chi connectivity index (χ0) is 21.5. The fraction of sp³-hybridized carbons (Fsp3) is 0.391. The van der Waals surface area contributed by atoms with Crippen LogP contribution in [0, 0.1) is 5.92 Å². The van der Waals surface area contributed by atoms with Crippen molar-refractivity contribution in [3.05, 3.63) is 52.5 Å². The summed E-state index contributed by atoms with van der Waals surface area (Å²) < 4.78 is 0. The number of nitrogens with one attached hydrogen (secondary N) is 2. The third-order valence-electron chi connectivity index (χ3n) is 5.15. The minimum Gasteiger partial charge on any atom is -0.326 e. The standard InChI is InChI=1S/C23H26Cl2N2O2S/c1-2-21(23(29)27-19-12-16(24)11-17(25)13-19)30-20-10-6-9-18(14-20)26-22(28)15-7-4-3-5-8-15/h6,9-15,21H,2-5,7-8H2,1H3,(H,26,28)(H,27,29). The van der Waals surface area contributed by atoms with Gasteiger partial charge in [0.05, 0.1) is 5.25 Å². The minimum atomic E-state index is -0.285. The second-order valence-corrected chi connectivity index (χ2v) is 9.66. The first-order valence-electron chi connectivity index (χ1n) is 10.3. The molecule has 2 aromatic rings. The molecule has 2 aromatic carbocycles. The number of carbonyl (C=O) groups excluding carboxylic acids is 2. The van der Waals surface area contributed by atoms with Crippen LogP contribution in [0.5, 0.6) is 0 Å². The van der Waals surface area contributed by atoms with E-state index in [1.54, 1.807) is 18.2 Å². The van der Waals surface area contributed by atoms with Crippen molar-refractivity contribution in [2.24, 2.45) is 5.92 Å². The van der Waals surface area contributed by atoms with E-state index in [0.717, 1.165) is 36.3 Å². The van der Waals surface area contributed by atoms with E-state index in [1.807, 2.05) is 31.2 Å². The van der Waals surface area contributed by atoms with E-state index in [2.05, 4.69) is 10.6 Å². The molecule has 1 unspecified atom stereocenters. The maximum Gasteiger partial charge on any atom is 0.237 e. The molecule has 1 fully saturated rings. The summed E-state index contributed by atoms with van der Waals surface area (Å²) >= 11 is 13.5. The van der Waals surface area contributed by atoms with Gasteiger partial charge in [-0.3, -0.25) is 9.59 Å². The molecule has 1 aliphatic carbocycles. The third-order valence-corrected chi connectivity index (χ3v) is 6.94. The highest BCUT2D eigenvalue weighted by Crippen LogP contribution is 2.30. The maximum absolute atomic E-state index is 12.8. The van der Waals surface area contributed by atoms with E-state index in [-0.39, 0.29) is 23.0 Å². The minimum absolute atomic E-state index is 0.0967. The Morgan fingerprint density at radius 1 is 1.00 bits per heavy atom. The van der Waals surface area contributed by atoms with E-state index < -0.39 is 0 Å². The van der Waals surface area contributed by atoms with Gasteiger partial charge < -0.3 is 10.6 Å². The molecule has 1 atom stereocenters. The fourth-order valence-electron chi connectivity index (χ4n) is 3.59. The summed E-state index contributed by atoms with van der Waals surface area (Å²) in [6.07, 6.45) is 6.05.